The van der Waals surface area contributed by atoms with Crippen molar-refractivity contribution >= 4 is 75.4 Å². The van der Waals surface area contributed by atoms with Gasteiger partial charge in [0.15, 0.2) is 0 Å². The standard InChI is InChI=1S/C54H32/c1-5-16-33(17-6-1)37-30-44-39-24-13-14-25-40(39)45-32-47-48(35-20-9-3-10-21-35)53-43-29-28-38(34-18-7-2-8-19-34)41-26-15-27-42(50(41)43)54(53)49(36-22-11-4-12-23-36)52(47)46(31-37)51(44)45/h1-32H. The van der Waals surface area contributed by atoms with Crippen LogP contribution in [0.5, 0.6) is 0 Å². The average Bonchev–Trinajstić information content (AvgIpc) is 3.75. The van der Waals surface area contributed by atoms with Crippen LogP contribution in [0.25, 0.3) is 120 Å². The van der Waals surface area contributed by atoms with Crippen molar-refractivity contribution in [3.05, 3.63) is 194 Å². The van der Waals surface area contributed by atoms with Crippen molar-refractivity contribution in [1.82, 2.24) is 0 Å². The molecule has 0 saturated heterocycles. The molecule has 0 radical (unpaired) electrons. The van der Waals surface area contributed by atoms with Crippen molar-refractivity contribution in [3.8, 4) is 44.5 Å². The summed E-state index contributed by atoms with van der Waals surface area (Å²) in [6, 6.07) is 72.2. The van der Waals surface area contributed by atoms with Gasteiger partial charge in [-0.05, 0) is 138 Å². The van der Waals surface area contributed by atoms with E-state index in [0.717, 1.165) is 0 Å². The van der Waals surface area contributed by atoms with Gasteiger partial charge < -0.3 is 0 Å². The summed E-state index contributed by atoms with van der Waals surface area (Å²) in [5.41, 5.74) is 10.1. The Morgan fingerprint density at radius 3 is 1.31 bits per heavy atom. The highest BCUT2D eigenvalue weighted by molar-refractivity contribution is 6.45. The molecule has 248 valence electrons. The number of rotatable bonds is 4. The quantitative estimate of drug-likeness (QED) is 0.162. The lowest BCUT2D eigenvalue weighted by Crippen LogP contribution is -1.91. The smallest absolute Gasteiger partial charge is 0.000719 e. The molecule has 54 heavy (non-hydrogen) atoms. The predicted molar refractivity (Wildman–Crippen MR) is 233 cm³/mol. The topological polar surface area (TPSA) is 0 Å². The second kappa shape index (κ2) is 11.2. The van der Waals surface area contributed by atoms with Crippen LogP contribution >= 0.6 is 0 Å². The van der Waals surface area contributed by atoms with E-state index < -0.39 is 0 Å². The van der Waals surface area contributed by atoms with E-state index in [4.69, 9.17) is 0 Å². The van der Waals surface area contributed by atoms with E-state index in [9.17, 15) is 0 Å². The third-order valence-electron chi connectivity index (χ3n) is 11.9. The molecule has 0 unspecified atom stereocenters. The Morgan fingerprint density at radius 2 is 0.648 bits per heavy atom. The van der Waals surface area contributed by atoms with Crippen LogP contribution in [0.4, 0.5) is 0 Å². The maximum Gasteiger partial charge on any atom is -0.000719 e. The first kappa shape index (κ1) is 29.5. The molecule has 0 spiro atoms. The van der Waals surface area contributed by atoms with E-state index in [1.165, 1.54) is 120 Å². The van der Waals surface area contributed by atoms with Crippen molar-refractivity contribution in [2.24, 2.45) is 0 Å². The molecular formula is C54H32. The zero-order valence-electron chi connectivity index (χ0n) is 29.5. The predicted octanol–water partition coefficient (Wildman–Crippen LogP) is 15.3. The first-order valence-corrected chi connectivity index (χ1v) is 18.9. The number of hydrogen-bond donors (Lipinski definition) is 0. The Bertz CT molecular complexity index is 3380. The largest absolute Gasteiger partial charge is 0.0622 e. The highest BCUT2D eigenvalue weighted by Gasteiger charge is 2.27. The summed E-state index contributed by atoms with van der Waals surface area (Å²) in [6.45, 7) is 0. The lowest BCUT2D eigenvalue weighted by molar-refractivity contribution is 1.66. The maximum absolute atomic E-state index is 2.53. The monoisotopic (exact) mass is 680 g/mol. The first-order chi connectivity index (χ1) is 26.8. The Balaban J connectivity index is 1.40. The Kier molecular flexibility index (Phi) is 6.15. The van der Waals surface area contributed by atoms with Crippen LogP contribution in [-0.4, -0.2) is 0 Å². The first-order valence-electron chi connectivity index (χ1n) is 18.9. The summed E-state index contributed by atoms with van der Waals surface area (Å²) in [7, 11) is 0. The minimum Gasteiger partial charge on any atom is -0.0622 e. The molecule has 0 amide bonds. The summed E-state index contributed by atoms with van der Waals surface area (Å²) < 4.78 is 0. The number of fused-ring (bicyclic) bond motifs is 8. The normalized spacial score (nSPS) is 12.1. The molecule has 12 aromatic carbocycles. The van der Waals surface area contributed by atoms with Crippen LogP contribution in [0.3, 0.4) is 0 Å². The van der Waals surface area contributed by atoms with Gasteiger partial charge in [-0.2, -0.15) is 0 Å². The lowest BCUT2D eigenvalue weighted by atomic mass is 9.83. The van der Waals surface area contributed by atoms with Gasteiger partial charge in [0.1, 0.15) is 0 Å². The van der Waals surface area contributed by atoms with E-state index in [-0.39, 0.29) is 0 Å². The molecule has 0 bridgehead atoms. The molecule has 0 aromatic heterocycles. The van der Waals surface area contributed by atoms with Crippen molar-refractivity contribution in [3.63, 3.8) is 0 Å². The number of hydrogen-bond acceptors (Lipinski definition) is 0. The molecule has 0 aliphatic carbocycles. The van der Waals surface area contributed by atoms with Crippen LogP contribution in [0.1, 0.15) is 0 Å². The Morgan fingerprint density at radius 1 is 0.185 bits per heavy atom. The lowest BCUT2D eigenvalue weighted by Gasteiger charge is -2.19. The zero-order valence-corrected chi connectivity index (χ0v) is 29.5. The average molecular weight is 681 g/mol. The molecule has 12 rings (SSSR count). The Hall–Kier alpha value is -7.02. The second-order valence-corrected chi connectivity index (χ2v) is 14.7. The minimum absolute atomic E-state index is 1.23. The van der Waals surface area contributed by atoms with Crippen LogP contribution < -0.4 is 0 Å². The molecule has 0 heteroatoms. The fourth-order valence-corrected chi connectivity index (χ4v) is 9.74. The number of benzene rings is 10. The molecule has 0 heterocycles. The summed E-state index contributed by atoms with van der Waals surface area (Å²) in [4.78, 5) is 0. The molecule has 0 N–H and O–H groups in total. The molecule has 0 aliphatic heterocycles. The van der Waals surface area contributed by atoms with Crippen LogP contribution in [0.15, 0.2) is 194 Å². The molecule has 0 aliphatic rings. The van der Waals surface area contributed by atoms with Gasteiger partial charge in [0, 0.05) is 0 Å². The third-order valence-corrected chi connectivity index (χ3v) is 11.9. The second-order valence-electron chi connectivity index (χ2n) is 14.7. The van der Waals surface area contributed by atoms with Gasteiger partial charge in [0.2, 0.25) is 0 Å². The van der Waals surface area contributed by atoms with Crippen molar-refractivity contribution in [2.75, 3.05) is 0 Å². The summed E-state index contributed by atoms with van der Waals surface area (Å²) in [5, 5.41) is 18.4. The van der Waals surface area contributed by atoms with Gasteiger partial charge in [0.25, 0.3) is 0 Å². The third kappa shape index (κ3) is 4.03. The summed E-state index contributed by atoms with van der Waals surface area (Å²) in [6.07, 6.45) is 0. The van der Waals surface area contributed by atoms with Crippen molar-refractivity contribution < 1.29 is 0 Å². The van der Waals surface area contributed by atoms with Gasteiger partial charge in [-0.25, -0.2) is 0 Å². The fraction of sp³-hybridized carbons (Fsp3) is 0. The van der Waals surface area contributed by atoms with Crippen molar-refractivity contribution in [1.29, 1.82) is 0 Å². The van der Waals surface area contributed by atoms with Crippen LogP contribution in [0.2, 0.25) is 0 Å². The van der Waals surface area contributed by atoms with E-state index in [2.05, 4.69) is 194 Å². The minimum atomic E-state index is 1.23. The summed E-state index contributed by atoms with van der Waals surface area (Å²) >= 11 is 0. The molecule has 12 aromatic rings. The van der Waals surface area contributed by atoms with Crippen LogP contribution in [0, 0.1) is 0 Å². The SMILES string of the molecule is c1ccc(-c2cc3c4ccccc4c4cc5c(-c6ccccc6)c6c7ccc(-c8ccccc8)c8cccc(c6c(-c6ccccc6)c5c(c2)c34)c87)cc1. The van der Waals surface area contributed by atoms with E-state index >= 15 is 0 Å². The van der Waals surface area contributed by atoms with Gasteiger partial charge >= 0.3 is 0 Å². The van der Waals surface area contributed by atoms with E-state index in [1.807, 2.05) is 0 Å². The highest BCUT2D eigenvalue weighted by atomic mass is 14.3. The van der Waals surface area contributed by atoms with E-state index in [1.54, 1.807) is 0 Å². The molecule has 0 atom stereocenters. The molecule has 0 fully saturated rings. The van der Waals surface area contributed by atoms with Crippen LogP contribution in [-0.2, 0) is 0 Å². The Labute approximate surface area is 312 Å². The molecular weight excluding hydrogens is 649 g/mol. The zero-order chi connectivity index (χ0) is 35.3. The van der Waals surface area contributed by atoms with Gasteiger partial charge in [0.05, 0.1) is 0 Å². The van der Waals surface area contributed by atoms with Gasteiger partial charge in [-0.1, -0.05) is 176 Å². The fourth-order valence-electron chi connectivity index (χ4n) is 9.74. The summed E-state index contributed by atoms with van der Waals surface area (Å²) in [5.74, 6) is 0. The molecule has 0 nitrogen and oxygen atoms in total. The van der Waals surface area contributed by atoms with Gasteiger partial charge in [-0.15, -0.1) is 0 Å². The van der Waals surface area contributed by atoms with Crippen molar-refractivity contribution in [2.45, 2.75) is 0 Å². The molecule has 0 saturated carbocycles. The highest BCUT2D eigenvalue weighted by Crippen LogP contribution is 2.55. The van der Waals surface area contributed by atoms with Gasteiger partial charge in [-0.3, -0.25) is 0 Å². The van der Waals surface area contributed by atoms with E-state index in [0.29, 0.717) is 0 Å². The maximum atomic E-state index is 2.53.